The van der Waals surface area contributed by atoms with Crippen LogP contribution >= 0.6 is 0 Å². The van der Waals surface area contributed by atoms with Crippen LogP contribution in [-0.2, 0) is 16.1 Å². The Balaban J connectivity index is 1.72. The van der Waals surface area contributed by atoms with Crippen LogP contribution in [0, 0.1) is 18.7 Å². The van der Waals surface area contributed by atoms with E-state index < -0.39 is 0 Å². The molecule has 5 heteroatoms. The van der Waals surface area contributed by atoms with Gasteiger partial charge in [-0.15, -0.1) is 0 Å². The van der Waals surface area contributed by atoms with Gasteiger partial charge < -0.3 is 10.2 Å². The van der Waals surface area contributed by atoms with Crippen molar-refractivity contribution in [1.82, 2.24) is 10.2 Å². The smallest absolute Gasteiger partial charge is 0.225 e. The van der Waals surface area contributed by atoms with E-state index in [4.69, 9.17) is 0 Å². The molecule has 0 radical (unpaired) electrons. The van der Waals surface area contributed by atoms with Crippen molar-refractivity contribution in [2.75, 3.05) is 13.1 Å². The minimum atomic E-state index is -0.329. The van der Waals surface area contributed by atoms with Crippen LogP contribution in [0.5, 0.6) is 0 Å². The van der Waals surface area contributed by atoms with E-state index in [1.54, 1.807) is 23.1 Å². The highest BCUT2D eigenvalue weighted by atomic mass is 19.1. The summed E-state index contributed by atoms with van der Waals surface area (Å²) in [6.45, 7) is 4.74. The highest BCUT2D eigenvalue weighted by Crippen LogP contribution is 2.31. The van der Waals surface area contributed by atoms with Gasteiger partial charge in [0.05, 0.1) is 5.92 Å². The molecule has 0 spiro atoms. The van der Waals surface area contributed by atoms with Gasteiger partial charge in [-0.1, -0.05) is 48.0 Å². The average Bonchev–Trinajstić information content (AvgIpc) is 2.66. The van der Waals surface area contributed by atoms with Gasteiger partial charge in [-0.2, -0.15) is 0 Å². The molecule has 1 N–H and O–H groups in total. The molecule has 142 valence electrons. The van der Waals surface area contributed by atoms with Crippen molar-refractivity contribution in [3.05, 3.63) is 71.0 Å². The number of carbonyl (C=O) groups excluding carboxylic acids is 2. The topological polar surface area (TPSA) is 49.4 Å². The summed E-state index contributed by atoms with van der Waals surface area (Å²) in [6.07, 6.45) is 0.677. The van der Waals surface area contributed by atoms with Crippen LogP contribution in [-0.4, -0.2) is 29.8 Å². The van der Waals surface area contributed by atoms with Crippen molar-refractivity contribution >= 4 is 11.8 Å². The summed E-state index contributed by atoms with van der Waals surface area (Å²) in [5.74, 6) is -0.683. The number of hydrogen-bond donors (Lipinski definition) is 1. The van der Waals surface area contributed by atoms with Crippen LogP contribution in [0.1, 0.15) is 36.0 Å². The molecule has 1 heterocycles. The lowest BCUT2D eigenvalue weighted by atomic mass is 9.83. The molecule has 2 amide bonds. The number of amides is 2. The lowest BCUT2D eigenvalue weighted by Crippen LogP contribution is -2.47. The first kappa shape index (κ1) is 19.1. The average molecular weight is 368 g/mol. The predicted molar refractivity (Wildman–Crippen MR) is 103 cm³/mol. The lowest BCUT2D eigenvalue weighted by molar-refractivity contribution is -0.134. The van der Waals surface area contributed by atoms with Gasteiger partial charge in [0.2, 0.25) is 11.8 Å². The van der Waals surface area contributed by atoms with Crippen molar-refractivity contribution < 1.29 is 14.0 Å². The lowest BCUT2D eigenvalue weighted by Gasteiger charge is -2.37. The Morgan fingerprint density at radius 3 is 2.63 bits per heavy atom. The number of piperidine rings is 1. The van der Waals surface area contributed by atoms with Crippen LogP contribution in [0.3, 0.4) is 0 Å². The Bertz CT molecular complexity index is 837. The fourth-order valence-corrected chi connectivity index (χ4v) is 3.68. The molecule has 2 aromatic carbocycles. The number of carbonyl (C=O) groups is 2. The molecule has 1 fully saturated rings. The molecular weight excluding hydrogens is 343 g/mol. The normalized spacial score (nSPS) is 19.6. The Kier molecular flexibility index (Phi) is 5.89. The van der Waals surface area contributed by atoms with Crippen molar-refractivity contribution in [1.29, 1.82) is 0 Å². The zero-order valence-corrected chi connectivity index (χ0v) is 15.7. The SMILES string of the molecule is CC(=O)N1C[C@H](C(=O)NCc2ccccc2F)C[C@H](c2cccc(C)c2)C1. The molecule has 1 aliphatic rings. The maximum Gasteiger partial charge on any atom is 0.225 e. The standard InChI is InChI=1S/C22H25FN2O2/c1-15-6-5-8-17(10-15)19-11-20(14-25(13-19)16(2)26)22(27)24-12-18-7-3-4-9-21(18)23/h3-10,19-20H,11-14H2,1-2H3,(H,24,27)/t19-,20+/m0/s1. The van der Waals surface area contributed by atoms with E-state index in [2.05, 4.69) is 17.4 Å². The summed E-state index contributed by atoms with van der Waals surface area (Å²) in [4.78, 5) is 26.4. The van der Waals surface area contributed by atoms with E-state index in [9.17, 15) is 14.0 Å². The first-order valence-corrected chi connectivity index (χ1v) is 9.27. The van der Waals surface area contributed by atoms with Crippen LogP contribution in [0.15, 0.2) is 48.5 Å². The van der Waals surface area contributed by atoms with Gasteiger partial charge >= 0.3 is 0 Å². The minimum absolute atomic E-state index is 0.0285. The Morgan fingerprint density at radius 2 is 1.93 bits per heavy atom. The van der Waals surface area contributed by atoms with Gasteiger partial charge in [-0.25, -0.2) is 4.39 Å². The number of aryl methyl sites for hydroxylation is 1. The van der Waals surface area contributed by atoms with Crippen LogP contribution in [0.2, 0.25) is 0 Å². The number of benzene rings is 2. The van der Waals surface area contributed by atoms with Gasteiger partial charge in [-0.3, -0.25) is 9.59 Å². The first-order valence-electron chi connectivity index (χ1n) is 9.27. The molecule has 2 atom stereocenters. The third kappa shape index (κ3) is 4.73. The Morgan fingerprint density at radius 1 is 1.15 bits per heavy atom. The maximum absolute atomic E-state index is 13.8. The van der Waals surface area contributed by atoms with Gasteiger partial charge in [0, 0.05) is 38.0 Å². The quantitative estimate of drug-likeness (QED) is 0.899. The van der Waals surface area contributed by atoms with Crippen LogP contribution in [0.25, 0.3) is 0 Å². The molecule has 3 rings (SSSR count). The molecule has 0 bridgehead atoms. The highest BCUT2D eigenvalue weighted by Gasteiger charge is 2.33. The monoisotopic (exact) mass is 368 g/mol. The van der Waals surface area contributed by atoms with Crippen molar-refractivity contribution in [3.8, 4) is 0 Å². The molecule has 2 aromatic rings. The van der Waals surface area contributed by atoms with Crippen molar-refractivity contribution in [3.63, 3.8) is 0 Å². The molecule has 0 aliphatic carbocycles. The summed E-state index contributed by atoms with van der Waals surface area (Å²) in [7, 11) is 0. The number of hydrogen-bond acceptors (Lipinski definition) is 2. The molecule has 0 saturated carbocycles. The van der Waals surface area contributed by atoms with Gasteiger partial charge in [0.15, 0.2) is 0 Å². The largest absolute Gasteiger partial charge is 0.352 e. The van der Waals surface area contributed by atoms with Crippen molar-refractivity contribution in [2.45, 2.75) is 32.7 Å². The molecular formula is C22H25FN2O2. The molecule has 4 nitrogen and oxygen atoms in total. The number of rotatable bonds is 4. The van der Waals surface area contributed by atoms with E-state index in [1.165, 1.54) is 13.0 Å². The number of nitrogens with one attached hydrogen (secondary N) is 1. The number of likely N-dealkylation sites (tertiary alicyclic amines) is 1. The summed E-state index contributed by atoms with van der Waals surface area (Å²) in [5, 5.41) is 2.84. The number of halogens is 1. The molecule has 0 aromatic heterocycles. The van der Waals surface area contributed by atoms with Gasteiger partial charge in [-0.05, 0) is 25.0 Å². The zero-order chi connectivity index (χ0) is 19.4. The fraction of sp³-hybridized carbons (Fsp3) is 0.364. The molecule has 1 saturated heterocycles. The second kappa shape index (κ2) is 8.33. The Hall–Kier alpha value is -2.69. The predicted octanol–water partition coefficient (Wildman–Crippen LogP) is 3.40. The van der Waals surface area contributed by atoms with Crippen molar-refractivity contribution in [2.24, 2.45) is 5.92 Å². The van der Waals surface area contributed by atoms with E-state index in [0.717, 1.165) is 11.1 Å². The van der Waals surface area contributed by atoms with Gasteiger partial charge in [0.25, 0.3) is 0 Å². The fourth-order valence-electron chi connectivity index (χ4n) is 3.68. The van der Waals surface area contributed by atoms with E-state index >= 15 is 0 Å². The maximum atomic E-state index is 13.8. The van der Waals surface area contributed by atoms with Gasteiger partial charge in [0.1, 0.15) is 5.82 Å². The zero-order valence-electron chi connectivity index (χ0n) is 15.7. The first-order chi connectivity index (χ1) is 12.9. The second-order valence-electron chi connectivity index (χ2n) is 7.28. The summed E-state index contributed by atoms with van der Waals surface area (Å²) < 4.78 is 13.8. The molecule has 0 unspecified atom stereocenters. The van der Waals surface area contributed by atoms with Crippen LogP contribution in [0.4, 0.5) is 4.39 Å². The number of nitrogens with zero attached hydrogens (tertiary/aromatic N) is 1. The summed E-state index contributed by atoms with van der Waals surface area (Å²) in [5.41, 5.74) is 2.76. The third-order valence-electron chi connectivity index (χ3n) is 5.19. The third-order valence-corrected chi connectivity index (χ3v) is 5.19. The van der Waals surface area contributed by atoms with E-state index in [1.807, 2.05) is 19.1 Å². The minimum Gasteiger partial charge on any atom is -0.352 e. The molecule has 27 heavy (non-hydrogen) atoms. The second-order valence-corrected chi connectivity index (χ2v) is 7.28. The highest BCUT2D eigenvalue weighted by molar-refractivity contribution is 5.81. The molecule has 1 aliphatic heterocycles. The van der Waals surface area contributed by atoms with E-state index in [-0.39, 0.29) is 36.0 Å². The summed E-state index contributed by atoms with van der Waals surface area (Å²) >= 11 is 0. The van der Waals surface area contributed by atoms with Crippen LogP contribution < -0.4 is 5.32 Å². The summed E-state index contributed by atoms with van der Waals surface area (Å²) in [6, 6.07) is 14.6. The Labute approximate surface area is 159 Å². The van der Waals surface area contributed by atoms with E-state index in [0.29, 0.717) is 25.1 Å².